The van der Waals surface area contributed by atoms with E-state index in [1.54, 1.807) is 0 Å². The van der Waals surface area contributed by atoms with E-state index in [1.807, 2.05) is 68.4 Å². The highest BCUT2D eigenvalue weighted by molar-refractivity contribution is 6.03. The van der Waals surface area contributed by atoms with Crippen LogP contribution in [0.2, 0.25) is 0 Å². The zero-order valence-corrected chi connectivity index (χ0v) is 18.6. The van der Waals surface area contributed by atoms with Gasteiger partial charge in [0.1, 0.15) is 5.75 Å². The molecule has 4 rings (SSSR count). The van der Waals surface area contributed by atoms with Gasteiger partial charge < -0.3 is 14.8 Å². The molecule has 0 fully saturated rings. The van der Waals surface area contributed by atoms with E-state index in [1.165, 1.54) is 0 Å². The summed E-state index contributed by atoms with van der Waals surface area (Å²) in [4.78, 5) is 26.2. The third-order valence-corrected chi connectivity index (χ3v) is 5.99. The monoisotopic (exact) mass is 431 g/mol. The Morgan fingerprint density at radius 1 is 1.06 bits per heavy atom. The number of rotatable bonds is 7. The molecule has 0 radical (unpaired) electrons. The van der Waals surface area contributed by atoms with Crippen LogP contribution in [-0.4, -0.2) is 25.0 Å². The van der Waals surface area contributed by atoms with E-state index < -0.39 is 5.92 Å². The quantitative estimate of drug-likeness (QED) is 0.636. The number of nitrogens with one attached hydrogen (secondary N) is 1. The minimum Gasteiger partial charge on any atom is -0.494 e. The van der Waals surface area contributed by atoms with E-state index in [0.29, 0.717) is 30.6 Å². The average molecular weight is 432 g/mol. The van der Waals surface area contributed by atoms with Crippen LogP contribution in [0, 0.1) is 0 Å². The average Bonchev–Trinajstić information content (AvgIpc) is 2.80. The van der Waals surface area contributed by atoms with Crippen molar-refractivity contribution in [3.63, 3.8) is 0 Å². The zero-order valence-electron chi connectivity index (χ0n) is 18.6. The number of Topliss-reactive ketones (excluding diaryl/α,β-unsaturated/α-hetero) is 1. The summed E-state index contributed by atoms with van der Waals surface area (Å²) in [5, 5.41) is 3.33. The van der Waals surface area contributed by atoms with Gasteiger partial charge in [0.15, 0.2) is 5.78 Å². The van der Waals surface area contributed by atoms with Gasteiger partial charge in [-0.15, -0.1) is 0 Å². The van der Waals surface area contributed by atoms with Crippen LogP contribution in [0.15, 0.2) is 77.1 Å². The Morgan fingerprint density at radius 2 is 1.81 bits per heavy atom. The fourth-order valence-corrected chi connectivity index (χ4v) is 4.49. The number of esters is 1. The van der Waals surface area contributed by atoms with Crippen molar-refractivity contribution in [3.05, 3.63) is 88.3 Å². The number of dihydropyridines is 1. The van der Waals surface area contributed by atoms with Crippen LogP contribution in [0.5, 0.6) is 5.75 Å². The maximum Gasteiger partial charge on any atom is 0.336 e. The van der Waals surface area contributed by atoms with Gasteiger partial charge in [-0.2, -0.15) is 0 Å². The molecule has 0 saturated carbocycles. The van der Waals surface area contributed by atoms with Gasteiger partial charge in [0.05, 0.1) is 18.8 Å². The fourth-order valence-electron chi connectivity index (χ4n) is 4.49. The van der Waals surface area contributed by atoms with Gasteiger partial charge in [-0.3, -0.25) is 4.79 Å². The Labute approximate surface area is 189 Å². The van der Waals surface area contributed by atoms with E-state index in [2.05, 4.69) is 5.32 Å². The first-order valence-corrected chi connectivity index (χ1v) is 11.3. The molecule has 0 spiro atoms. The summed E-state index contributed by atoms with van der Waals surface area (Å²) in [6.07, 6.45) is 2.78. The van der Waals surface area contributed by atoms with E-state index in [0.717, 1.165) is 41.1 Å². The van der Waals surface area contributed by atoms with Crippen LogP contribution in [0.1, 0.15) is 50.2 Å². The van der Waals surface area contributed by atoms with E-state index >= 15 is 0 Å². The van der Waals surface area contributed by atoms with Crippen LogP contribution in [0.3, 0.4) is 0 Å². The maximum absolute atomic E-state index is 13.3. The van der Waals surface area contributed by atoms with Crippen LogP contribution in [0.4, 0.5) is 0 Å². The molecule has 1 atom stereocenters. The molecule has 1 heterocycles. The summed E-state index contributed by atoms with van der Waals surface area (Å²) in [6, 6.07) is 17.6. The number of carbonyl (C=O) groups excluding carboxylic acids is 2. The molecule has 1 aliphatic heterocycles. The molecule has 1 N–H and O–H groups in total. The minimum atomic E-state index is -0.432. The number of ether oxygens (including phenoxy) is 2. The van der Waals surface area contributed by atoms with Crippen molar-refractivity contribution in [2.24, 2.45) is 0 Å². The second-order valence-electron chi connectivity index (χ2n) is 8.14. The zero-order chi connectivity index (χ0) is 22.5. The lowest BCUT2D eigenvalue weighted by atomic mass is 9.75. The largest absolute Gasteiger partial charge is 0.494 e. The third kappa shape index (κ3) is 4.62. The predicted molar refractivity (Wildman–Crippen MR) is 123 cm³/mol. The number of carbonyl (C=O) groups is 2. The minimum absolute atomic E-state index is 0.0970. The first kappa shape index (κ1) is 21.9. The number of allylic oxidation sites excluding steroid dienone is 3. The molecule has 1 aliphatic carbocycles. The second-order valence-corrected chi connectivity index (χ2v) is 8.14. The fraction of sp³-hybridized carbons (Fsp3) is 0.333. The molecule has 0 saturated heterocycles. The molecule has 2 aromatic rings. The smallest absolute Gasteiger partial charge is 0.336 e. The van der Waals surface area contributed by atoms with E-state index in [4.69, 9.17) is 9.47 Å². The molecular formula is C27H29NO4. The molecule has 166 valence electrons. The van der Waals surface area contributed by atoms with Crippen molar-refractivity contribution in [1.82, 2.24) is 5.32 Å². The molecule has 0 amide bonds. The van der Waals surface area contributed by atoms with Gasteiger partial charge in [0.2, 0.25) is 0 Å². The lowest BCUT2D eigenvalue weighted by Crippen LogP contribution is -2.34. The van der Waals surface area contributed by atoms with Crippen LogP contribution in [0.25, 0.3) is 0 Å². The number of hydrogen-bond acceptors (Lipinski definition) is 5. The summed E-state index contributed by atoms with van der Waals surface area (Å²) in [5.41, 5.74) is 4.90. The topological polar surface area (TPSA) is 64.6 Å². The van der Waals surface area contributed by atoms with Crippen LogP contribution >= 0.6 is 0 Å². The van der Waals surface area contributed by atoms with E-state index in [-0.39, 0.29) is 18.4 Å². The molecule has 5 heteroatoms. The van der Waals surface area contributed by atoms with Crippen molar-refractivity contribution >= 4 is 11.8 Å². The maximum atomic E-state index is 13.3. The summed E-state index contributed by atoms with van der Waals surface area (Å²) in [6.45, 7) is 4.69. The van der Waals surface area contributed by atoms with Gasteiger partial charge in [-0.05, 0) is 49.9 Å². The van der Waals surface area contributed by atoms with Crippen LogP contribution in [-0.2, 0) is 20.7 Å². The normalized spacial score (nSPS) is 18.2. The number of hydrogen-bond donors (Lipinski definition) is 1. The Hall–Kier alpha value is -3.34. The molecule has 2 aromatic carbocycles. The summed E-state index contributed by atoms with van der Waals surface area (Å²) in [7, 11) is 0. The number of benzene rings is 2. The van der Waals surface area contributed by atoms with E-state index in [9.17, 15) is 9.59 Å². The highest BCUT2D eigenvalue weighted by atomic mass is 16.5. The second kappa shape index (κ2) is 9.86. The number of ketones is 1. The van der Waals surface area contributed by atoms with Gasteiger partial charge in [-0.1, -0.05) is 42.5 Å². The standard InChI is InChI=1S/C27H29NO4/c1-3-31-21-14-12-20(13-15-21)25-24(18(2)28-22-10-7-11-23(29)26(22)25)27(30)32-17-16-19-8-5-4-6-9-19/h4-6,8-9,12-15,25,28H,3,7,10-11,16-17H2,1-2H3/t25-/m0/s1. The van der Waals surface area contributed by atoms with Crippen molar-refractivity contribution in [2.45, 2.75) is 45.4 Å². The van der Waals surface area contributed by atoms with Crippen molar-refractivity contribution in [3.8, 4) is 5.75 Å². The molecule has 0 unspecified atom stereocenters. The Balaban J connectivity index is 1.62. The van der Waals surface area contributed by atoms with Gasteiger partial charge in [0, 0.05) is 35.7 Å². The molecule has 32 heavy (non-hydrogen) atoms. The van der Waals surface area contributed by atoms with Gasteiger partial charge in [0.25, 0.3) is 0 Å². The van der Waals surface area contributed by atoms with Gasteiger partial charge >= 0.3 is 5.97 Å². The highest BCUT2D eigenvalue weighted by Crippen LogP contribution is 2.42. The molecule has 0 aromatic heterocycles. The summed E-state index contributed by atoms with van der Waals surface area (Å²) in [5.74, 6) is 0.0514. The van der Waals surface area contributed by atoms with Gasteiger partial charge in [-0.25, -0.2) is 4.79 Å². The Kier molecular flexibility index (Phi) is 6.74. The van der Waals surface area contributed by atoms with Crippen LogP contribution < -0.4 is 10.1 Å². The summed E-state index contributed by atoms with van der Waals surface area (Å²) < 4.78 is 11.3. The predicted octanol–water partition coefficient (Wildman–Crippen LogP) is 4.84. The SMILES string of the molecule is CCOc1ccc([C@H]2C(C(=O)OCCc3ccccc3)=C(C)NC3=C2C(=O)CCC3)cc1. The lowest BCUT2D eigenvalue weighted by molar-refractivity contribution is -0.139. The van der Waals surface area contributed by atoms with Crippen molar-refractivity contribution in [2.75, 3.05) is 13.2 Å². The first-order valence-electron chi connectivity index (χ1n) is 11.3. The Bertz CT molecular complexity index is 1050. The Morgan fingerprint density at radius 3 is 2.53 bits per heavy atom. The van der Waals surface area contributed by atoms with Crippen molar-refractivity contribution in [1.29, 1.82) is 0 Å². The highest BCUT2D eigenvalue weighted by Gasteiger charge is 2.39. The summed E-state index contributed by atoms with van der Waals surface area (Å²) >= 11 is 0. The molecule has 2 aliphatic rings. The third-order valence-electron chi connectivity index (χ3n) is 5.99. The van der Waals surface area contributed by atoms with Crippen molar-refractivity contribution < 1.29 is 19.1 Å². The molecule has 5 nitrogen and oxygen atoms in total. The first-order chi connectivity index (χ1) is 15.6. The lowest BCUT2D eigenvalue weighted by Gasteiger charge is -2.34. The molecule has 0 bridgehead atoms. The molecular weight excluding hydrogens is 402 g/mol.